The number of hydrogen-bond donors (Lipinski definition) is 1. The zero-order valence-corrected chi connectivity index (χ0v) is 12.2. The second-order valence-corrected chi connectivity index (χ2v) is 4.68. The Morgan fingerprint density at radius 3 is 2.55 bits per heavy atom. The van der Waals surface area contributed by atoms with Gasteiger partial charge in [0, 0.05) is 0 Å². The summed E-state index contributed by atoms with van der Waals surface area (Å²) in [7, 11) is 0. The monoisotopic (exact) mass is 286 g/mol. The summed E-state index contributed by atoms with van der Waals surface area (Å²) in [4.78, 5) is 0. The van der Waals surface area contributed by atoms with Crippen LogP contribution in [0.2, 0.25) is 5.02 Å². The molecule has 0 bridgehead atoms. The van der Waals surface area contributed by atoms with Gasteiger partial charge in [0.25, 0.3) is 0 Å². The Balaban J connectivity index is 2.48. The van der Waals surface area contributed by atoms with Gasteiger partial charge in [-0.1, -0.05) is 37.6 Å². The van der Waals surface area contributed by atoms with E-state index in [1.807, 2.05) is 32.0 Å². The SMILES string of the molecule is CCc1nnc(Nc2ccccc2Cl)c(C#N)c1CC. The molecule has 0 saturated carbocycles. The van der Waals surface area contributed by atoms with Crippen molar-refractivity contribution < 1.29 is 0 Å². The molecule has 4 nitrogen and oxygen atoms in total. The highest BCUT2D eigenvalue weighted by molar-refractivity contribution is 6.33. The molecule has 102 valence electrons. The number of para-hydroxylation sites is 1. The lowest BCUT2D eigenvalue weighted by molar-refractivity contribution is 0.877. The maximum absolute atomic E-state index is 9.41. The van der Waals surface area contributed by atoms with Crippen molar-refractivity contribution in [3.05, 3.63) is 46.1 Å². The van der Waals surface area contributed by atoms with Gasteiger partial charge < -0.3 is 5.32 Å². The molecule has 0 aliphatic rings. The molecule has 0 amide bonds. The number of anilines is 2. The van der Waals surface area contributed by atoms with Crippen LogP contribution >= 0.6 is 11.6 Å². The van der Waals surface area contributed by atoms with Gasteiger partial charge in [-0.15, -0.1) is 5.10 Å². The van der Waals surface area contributed by atoms with Crippen LogP contribution in [0.5, 0.6) is 0 Å². The van der Waals surface area contributed by atoms with Crippen LogP contribution in [-0.2, 0) is 12.8 Å². The smallest absolute Gasteiger partial charge is 0.171 e. The number of halogens is 1. The van der Waals surface area contributed by atoms with Crippen molar-refractivity contribution in [2.24, 2.45) is 0 Å². The van der Waals surface area contributed by atoms with Crippen LogP contribution in [0, 0.1) is 11.3 Å². The van der Waals surface area contributed by atoms with E-state index in [0.29, 0.717) is 22.1 Å². The summed E-state index contributed by atoms with van der Waals surface area (Å²) in [6.45, 7) is 4.02. The topological polar surface area (TPSA) is 61.6 Å². The minimum absolute atomic E-state index is 0.453. The van der Waals surface area contributed by atoms with E-state index in [4.69, 9.17) is 11.6 Å². The quantitative estimate of drug-likeness (QED) is 0.927. The molecule has 0 fully saturated rings. The lowest BCUT2D eigenvalue weighted by Crippen LogP contribution is -2.07. The van der Waals surface area contributed by atoms with Gasteiger partial charge in [0.1, 0.15) is 11.6 Å². The summed E-state index contributed by atoms with van der Waals surface area (Å²) in [6.07, 6.45) is 1.51. The third-order valence-corrected chi connectivity index (χ3v) is 3.41. The number of benzene rings is 1. The van der Waals surface area contributed by atoms with Crippen LogP contribution in [0.3, 0.4) is 0 Å². The van der Waals surface area contributed by atoms with E-state index in [2.05, 4.69) is 21.6 Å². The average Bonchev–Trinajstić information content (AvgIpc) is 2.48. The average molecular weight is 287 g/mol. The Morgan fingerprint density at radius 1 is 1.20 bits per heavy atom. The lowest BCUT2D eigenvalue weighted by atomic mass is 10.0. The summed E-state index contributed by atoms with van der Waals surface area (Å²) in [5.74, 6) is 0.453. The highest BCUT2D eigenvalue weighted by Gasteiger charge is 2.14. The third-order valence-electron chi connectivity index (χ3n) is 3.08. The second-order valence-electron chi connectivity index (χ2n) is 4.27. The number of hydrogen-bond acceptors (Lipinski definition) is 4. The largest absolute Gasteiger partial charge is 0.336 e. The van der Waals surface area contributed by atoms with Crippen molar-refractivity contribution in [3.63, 3.8) is 0 Å². The molecule has 20 heavy (non-hydrogen) atoms. The number of rotatable bonds is 4. The summed E-state index contributed by atoms with van der Waals surface area (Å²) >= 11 is 6.11. The maximum atomic E-state index is 9.41. The predicted octanol–water partition coefficient (Wildman–Crippen LogP) is 3.87. The van der Waals surface area contributed by atoms with Gasteiger partial charge in [-0.2, -0.15) is 10.4 Å². The minimum Gasteiger partial charge on any atom is -0.336 e. The fraction of sp³-hybridized carbons (Fsp3) is 0.267. The molecule has 1 aromatic carbocycles. The normalized spacial score (nSPS) is 10.1. The summed E-state index contributed by atoms with van der Waals surface area (Å²) in [5.41, 5.74) is 3.07. The molecule has 1 aromatic heterocycles. The van der Waals surface area contributed by atoms with Crippen molar-refractivity contribution in [3.8, 4) is 6.07 Å². The highest BCUT2D eigenvalue weighted by atomic mass is 35.5. The zero-order chi connectivity index (χ0) is 14.5. The van der Waals surface area contributed by atoms with E-state index < -0.39 is 0 Å². The fourth-order valence-corrected chi connectivity index (χ4v) is 2.25. The molecule has 1 heterocycles. The van der Waals surface area contributed by atoms with Crippen molar-refractivity contribution in [2.75, 3.05) is 5.32 Å². The van der Waals surface area contributed by atoms with E-state index in [-0.39, 0.29) is 0 Å². The molecule has 2 rings (SSSR count). The minimum atomic E-state index is 0.453. The van der Waals surface area contributed by atoms with Crippen LogP contribution < -0.4 is 5.32 Å². The molecular weight excluding hydrogens is 272 g/mol. The van der Waals surface area contributed by atoms with E-state index in [0.717, 1.165) is 24.1 Å². The van der Waals surface area contributed by atoms with Gasteiger partial charge in [-0.3, -0.25) is 0 Å². The van der Waals surface area contributed by atoms with E-state index in [9.17, 15) is 5.26 Å². The molecule has 1 N–H and O–H groups in total. The fourth-order valence-electron chi connectivity index (χ4n) is 2.07. The van der Waals surface area contributed by atoms with Crippen LogP contribution in [0.4, 0.5) is 11.5 Å². The van der Waals surface area contributed by atoms with Gasteiger partial charge >= 0.3 is 0 Å². The van der Waals surface area contributed by atoms with Gasteiger partial charge in [-0.05, 0) is 30.5 Å². The predicted molar refractivity (Wildman–Crippen MR) is 80.2 cm³/mol. The summed E-state index contributed by atoms with van der Waals surface area (Å²) in [6, 6.07) is 9.56. The van der Waals surface area contributed by atoms with Gasteiger partial charge in [0.2, 0.25) is 0 Å². The molecule has 0 unspecified atom stereocenters. The Morgan fingerprint density at radius 2 is 1.95 bits per heavy atom. The second kappa shape index (κ2) is 6.36. The van der Waals surface area contributed by atoms with Gasteiger partial charge in [-0.25, -0.2) is 0 Å². The Kier molecular flexibility index (Phi) is 4.54. The number of nitrogens with one attached hydrogen (secondary N) is 1. The highest BCUT2D eigenvalue weighted by Crippen LogP contribution is 2.27. The zero-order valence-electron chi connectivity index (χ0n) is 11.4. The summed E-state index contributed by atoms with van der Waals surface area (Å²) in [5, 5.41) is 21.4. The molecule has 0 aliphatic heterocycles. The van der Waals surface area contributed by atoms with Crippen LogP contribution in [0.1, 0.15) is 30.7 Å². The van der Waals surface area contributed by atoms with Crippen LogP contribution in [-0.4, -0.2) is 10.2 Å². The van der Waals surface area contributed by atoms with E-state index in [1.54, 1.807) is 6.07 Å². The molecule has 0 atom stereocenters. The molecule has 0 spiro atoms. The van der Waals surface area contributed by atoms with Gasteiger partial charge in [0.05, 0.1) is 16.4 Å². The van der Waals surface area contributed by atoms with Crippen molar-refractivity contribution >= 4 is 23.1 Å². The Hall–Kier alpha value is -2.12. The van der Waals surface area contributed by atoms with E-state index >= 15 is 0 Å². The Labute approximate surface area is 123 Å². The van der Waals surface area contributed by atoms with E-state index in [1.165, 1.54) is 0 Å². The molecule has 0 aliphatic carbocycles. The lowest BCUT2D eigenvalue weighted by Gasteiger charge is -2.12. The van der Waals surface area contributed by atoms with Crippen molar-refractivity contribution in [1.82, 2.24) is 10.2 Å². The third kappa shape index (κ3) is 2.73. The summed E-state index contributed by atoms with van der Waals surface area (Å²) < 4.78 is 0. The first-order valence-corrected chi connectivity index (χ1v) is 6.89. The molecule has 0 saturated heterocycles. The Bertz CT molecular complexity index is 661. The van der Waals surface area contributed by atoms with Crippen molar-refractivity contribution in [2.45, 2.75) is 26.7 Å². The van der Waals surface area contributed by atoms with Crippen LogP contribution in [0.25, 0.3) is 0 Å². The first-order chi connectivity index (χ1) is 9.71. The standard InChI is InChI=1S/C15H15ClN4/c1-3-10-11(9-17)15(20-19-13(10)4-2)18-14-8-6-5-7-12(14)16/h5-8H,3-4H2,1-2H3,(H,18,20). The maximum Gasteiger partial charge on any atom is 0.171 e. The molecule has 0 radical (unpaired) electrons. The number of nitriles is 1. The first-order valence-electron chi connectivity index (χ1n) is 6.51. The molecule has 2 aromatic rings. The number of aromatic nitrogens is 2. The first kappa shape index (κ1) is 14.3. The number of aryl methyl sites for hydroxylation is 1. The molecule has 5 heteroatoms. The molecular formula is C15H15ClN4. The van der Waals surface area contributed by atoms with Crippen LogP contribution in [0.15, 0.2) is 24.3 Å². The number of nitrogens with zero attached hydrogens (tertiary/aromatic N) is 3. The van der Waals surface area contributed by atoms with Crippen molar-refractivity contribution in [1.29, 1.82) is 5.26 Å². The van der Waals surface area contributed by atoms with Gasteiger partial charge in [0.15, 0.2) is 5.82 Å².